The lowest BCUT2D eigenvalue weighted by Crippen LogP contribution is -2.42. The van der Waals surface area contributed by atoms with E-state index in [2.05, 4.69) is 0 Å². The minimum atomic E-state index is -0.806. The van der Waals surface area contributed by atoms with Crippen molar-refractivity contribution in [3.05, 3.63) is 29.3 Å². The molecule has 1 saturated heterocycles. The van der Waals surface area contributed by atoms with E-state index in [0.29, 0.717) is 26.1 Å². The molecule has 1 aliphatic heterocycles. The molecule has 0 radical (unpaired) electrons. The van der Waals surface area contributed by atoms with E-state index < -0.39 is 11.4 Å². The number of rotatable bonds is 2. The van der Waals surface area contributed by atoms with Crippen molar-refractivity contribution in [2.24, 2.45) is 0 Å². The van der Waals surface area contributed by atoms with E-state index in [4.69, 9.17) is 14.2 Å². The second kappa shape index (κ2) is 5.02. The summed E-state index contributed by atoms with van der Waals surface area (Å²) in [7, 11) is 1.65. The highest BCUT2D eigenvalue weighted by molar-refractivity contribution is 5.37. The molecule has 0 atom stereocenters. The Kier molecular flexibility index (Phi) is 3.48. The second-order valence-corrected chi connectivity index (χ2v) is 5.88. The Balaban J connectivity index is 1.81. The van der Waals surface area contributed by atoms with Gasteiger partial charge in [-0.1, -0.05) is 6.07 Å². The number of ether oxygens (including phenoxy) is 3. The lowest BCUT2D eigenvalue weighted by atomic mass is 9.76. The minimum Gasteiger partial charge on any atom is -0.497 e. The van der Waals surface area contributed by atoms with Crippen molar-refractivity contribution in [3.63, 3.8) is 0 Å². The molecule has 2 aliphatic rings. The highest BCUT2D eigenvalue weighted by Crippen LogP contribution is 2.45. The first-order valence-electron chi connectivity index (χ1n) is 7.22. The molecular formula is C16H22O4. The predicted molar refractivity (Wildman–Crippen MR) is 74.7 cm³/mol. The quantitative estimate of drug-likeness (QED) is 0.903. The van der Waals surface area contributed by atoms with Crippen molar-refractivity contribution < 1.29 is 19.3 Å². The van der Waals surface area contributed by atoms with Gasteiger partial charge in [0.2, 0.25) is 0 Å². The number of hydrogen-bond donors (Lipinski definition) is 1. The van der Waals surface area contributed by atoms with Gasteiger partial charge < -0.3 is 19.3 Å². The normalized spacial score (nSPS) is 23.9. The summed E-state index contributed by atoms with van der Waals surface area (Å²) in [6.07, 6.45) is 2.78. The lowest BCUT2D eigenvalue weighted by Gasteiger charge is -2.41. The van der Waals surface area contributed by atoms with Crippen molar-refractivity contribution in [3.8, 4) is 5.75 Å². The molecule has 0 amide bonds. The van der Waals surface area contributed by atoms with Crippen LogP contribution in [-0.2, 0) is 15.1 Å². The SMILES string of the molecule is COc1cc(C)cc(C2(O)CCC3(CC2)OCCO3)c1. The number of aryl methyl sites for hydroxylation is 1. The van der Waals surface area contributed by atoms with Crippen molar-refractivity contribution in [2.75, 3.05) is 20.3 Å². The Bertz CT molecular complexity index is 481. The van der Waals surface area contributed by atoms with Crippen LogP contribution in [0.1, 0.15) is 36.8 Å². The first-order valence-corrected chi connectivity index (χ1v) is 7.22. The molecule has 0 bridgehead atoms. The maximum Gasteiger partial charge on any atom is 0.168 e. The van der Waals surface area contributed by atoms with E-state index in [1.807, 2.05) is 25.1 Å². The standard InChI is InChI=1S/C16H22O4/c1-12-9-13(11-14(10-12)18-2)15(17)3-5-16(6-4-15)19-7-8-20-16/h9-11,17H,3-8H2,1-2H3. The largest absolute Gasteiger partial charge is 0.497 e. The summed E-state index contributed by atoms with van der Waals surface area (Å²) < 4.78 is 16.7. The number of benzene rings is 1. The molecule has 4 heteroatoms. The fourth-order valence-corrected chi connectivity index (χ4v) is 3.25. The molecule has 0 unspecified atom stereocenters. The van der Waals surface area contributed by atoms with Crippen molar-refractivity contribution >= 4 is 0 Å². The van der Waals surface area contributed by atoms with Crippen molar-refractivity contribution in [2.45, 2.75) is 44.0 Å². The number of methoxy groups -OCH3 is 1. The maximum absolute atomic E-state index is 11.0. The molecule has 1 aromatic rings. The molecule has 1 spiro atoms. The van der Waals surface area contributed by atoms with Crippen LogP contribution in [-0.4, -0.2) is 31.2 Å². The summed E-state index contributed by atoms with van der Waals surface area (Å²) in [4.78, 5) is 0. The maximum atomic E-state index is 11.0. The van der Waals surface area contributed by atoms with Crippen LogP contribution in [0.5, 0.6) is 5.75 Å². The third kappa shape index (κ3) is 2.43. The van der Waals surface area contributed by atoms with Crippen LogP contribution in [0.2, 0.25) is 0 Å². The Morgan fingerprint density at radius 1 is 1.05 bits per heavy atom. The average molecular weight is 278 g/mol. The molecule has 4 nitrogen and oxygen atoms in total. The van der Waals surface area contributed by atoms with Crippen molar-refractivity contribution in [1.29, 1.82) is 0 Å². The molecule has 1 heterocycles. The molecule has 0 aromatic heterocycles. The van der Waals surface area contributed by atoms with E-state index in [1.54, 1.807) is 7.11 Å². The lowest BCUT2D eigenvalue weighted by molar-refractivity contribution is -0.204. The van der Waals surface area contributed by atoms with Crippen LogP contribution in [0, 0.1) is 6.92 Å². The van der Waals surface area contributed by atoms with Gasteiger partial charge in [0.05, 0.1) is 25.9 Å². The monoisotopic (exact) mass is 278 g/mol. The van der Waals surface area contributed by atoms with Crippen LogP contribution in [0.4, 0.5) is 0 Å². The third-order valence-corrected chi connectivity index (χ3v) is 4.48. The van der Waals surface area contributed by atoms with Crippen LogP contribution >= 0.6 is 0 Å². The second-order valence-electron chi connectivity index (χ2n) is 5.88. The summed E-state index contributed by atoms with van der Waals surface area (Å²) >= 11 is 0. The Hall–Kier alpha value is -1.10. The Morgan fingerprint density at radius 3 is 2.30 bits per heavy atom. The molecule has 1 aliphatic carbocycles. The summed E-state index contributed by atoms with van der Waals surface area (Å²) in [5.74, 6) is 0.349. The van der Waals surface area contributed by atoms with E-state index in [-0.39, 0.29) is 0 Å². The van der Waals surface area contributed by atoms with Gasteiger partial charge in [0, 0.05) is 12.8 Å². The summed E-state index contributed by atoms with van der Waals surface area (Å²) in [6, 6.07) is 5.94. The van der Waals surface area contributed by atoms with Gasteiger partial charge in [-0.15, -0.1) is 0 Å². The zero-order chi connectivity index (χ0) is 14.2. The van der Waals surface area contributed by atoms with E-state index in [1.165, 1.54) is 0 Å². The van der Waals surface area contributed by atoms with Gasteiger partial charge in [-0.3, -0.25) is 0 Å². The molecular weight excluding hydrogens is 256 g/mol. The highest BCUT2D eigenvalue weighted by Gasteiger charge is 2.46. The third-order valence-electron chi connectivity index (χ3n) is 4.48. The highest BCUT2D eigenvalue weighted by atomic mass is 16.7. The first-order chi connectivity index (χ1) is 9.55. The van der Waals surface area contributed by atoms with E-state index in [0.717, 1.165) is 29.7 Å². The van der Waals surface area contributed by atoms with Crippen LogP contribution in [0.15, 0.2) is 18.2 Å². The molecule has 110 valence electrons. The molecule has 1 aromatic carbocycles. The number of aliphatic hydroxyl groups is 1. The van der Waals surface area contributed by atoms with Gasteiger partial charge in [-0.25, -0.2) is 0 Å². The summed E-state index contributed by atoms with van der Waals surface area (Å²) in [5, 5.41) is 11.0. The topological polar surface area (TPSA) is 47.9 Å². The van der Waals surface area contributed by atoms with Crippen LogP contribution in [0.25, 0.3) is 0 Å². The predicted octanol–water partition coefficient (Wildman–Crippen LogP) is 2.51. The van der Waals surface area contributed by atoms with Gasteiger partial charge in [-0.05, 0) is 43.0 Å². The zero-order valence-corrected chi connectivity index (χ0v) is 12.1. The van der Waals surface area contributed by atoms with Gasteiger partial charge in [-0.2, -0.15) is 0 Å². The van der Waals surface area contributed by atoms with Gasteiger partial charge in [0.25, 0.3) is 0 Å². The van der Waals surface area contributed by atoms with Crippen LogP contribution < -0.4 is 4.74 Å². The Morgan fingerprint density at radius 2 is 1.70 bits per heavy atom. The van der Waals surface area contributed by atoms with Crippen LogP contribution in [0.3, 0.4) is 0 Å². The average Bonchev–Trinajstić information content (AvgIpc) is 2.91. The number of hydrogen-bond acceptors (Lipinski definition) is 4. The summed E-state index contributed by atoms with van der Waals surface area (Å²) in [5.41, 5.74) is 1.23. The van der Waals surface area contributed by atoms with E-state index in [9.17, 15) is 5.11 Å². The minimum absolute atomic E-state index is 0.444. The molecule has 1 N–H and O–H groups in total. The van der Waals surface area contributed by atoms with Gasteiger partial charge in [0.15, 0.2) is 5.79 Å². The summed E-state index contributed by atoms with van der Waals surface area (Å²) in [6.45, 7) is 3.34. The molecule has 3 rings (SSSR count). The van der Waals surface area contributed by atoms with Gasteiger partial charge >= 0.3 is 0 Å². The smallest absolute Gasteiger partial charge is 0.168 e. The van der Waals surface area contributed by atoms with E-state index >= 15 is 0 Å². The Labute approximate surface area is 119 Å². The molecule has 2 fully saturated rings. The van der Waals surface area contributed by atoms with Gasteiger partial charge in [0.1, 0.15) is 5.75 Å². The first kappa shape index (κ1) is 13.9. The molecule has 20 heavy (non-hydrogen) atoms. The fraction of sp³-hybridized carbons (Fsp3) is 0.625. The zero-order valence-electron chi connectivity index (χ0n) is 12.1. The molecule has 1 saturated carbocycles. The fourth-order valence-electron chi connectivity index (χ4n) is 3.25. The van der Waals surface area contributed by atoms with Crippen molar-refractivity contribution in [1.82, 2.24) is 0 Å².